The average molecular weight is 329 g/mol. The van der Waals surface area contributed by atoms with Gasteiger partial charge in [-0.05, 0) is 50.2 Å². The SMILES string of the molecule is COc1nc2c(cc1C(=O)N1CCC3(CCCNC3=O)C1)CCC2. The van der Waals surface area contributed by atoms with E-state index in [0.29, 0.717) is 24.5 Å². The molecule has 4 rings (SSSR count). The molecule has 1 atom stereocenters. The van der Waals surface area contributed by atoms with Crippen LogP contribution < -0.4 is 10.1 Å². The molecule has 2 fully saturated rings. The van der Waals surface area contributed by atoms with Crippen molar-refractivity contribution in [2.45, 2.75) is 38.5 Å². The molecule has 24 heavy (non-hydrogen) atoms. The molecule has 1 N–H and O–H groups in total. The summed E-state index contributed by atoms with van der Waals surface area (Å²) in [4.78, 5) is 31.7. The molecule has 6 nitrogen and oxygen atoms in total. The van der Waals surface area contributed by atoms with Crippen LogP contribution in [0, 0.1) is 5.41 Å². The number of hydrogen-bond donors (Lipinski definition) is 1. The van der Waals surface area contributed by atoms with Crippen molar-refractivity contribution in [3.63, 3.8) is 0 Å². The maximum Gasteiger partial charge on any atom is 0.259 e. The number of piperidine rings is 1. The molecular weight excluding hydrogens is 306 g/mol. The molecule has 1 aromatic heterocycles. The van der Waals surface area contributed by atoms with Crippen molar-refractivity contribution in [3.8, 4) is 5.88 Å². The number of carbonyl (C=O) groups excluding carboxylic acids is 2. The van der Waals surface area contributed by atoms with Gasteiger partial charge in [0.1, 0.15) is 5.56 Å². The lowest BCUT2D eigenvalue weighted by molar-refractivity contribution is -0.132. The molecule has 2 saturated heterocycles. The number of amides is 2. The Labute approximate surface area is 141 Å². The minimum absolute atomic E-state index is 0.0655. The maximum absolute atomic E-state index is 13.0. The number of likely N-dealkylation sites (tertiary alicyclic amines) is 1. The molecule has 2 amide bonds. The van der Waals surface area contributed by atoms with Gasteiger partial charge in [0, 0.05) is 25.3 Å². The van der Waals surface area contributed by atoms with Crippen molar-refractivity contribution >= 4 is 11.8 Å². The smallest absolute Gasteiger partial charge is 0.259 e. The minimum atomic E-state index is -0.398. The fourth-order valence-electron chi connectivity index (χ4n) is 4.30. The summed E-state index contributed by atoms with van der Waals surface area (Å²) in [7, 11) is 1.56. The Morgan fingerprint density at radius 1 is 1.33 bits per heavy atom. The zero-order valence-electron chi connectivity index (χ0n) is 14.1. The summed E-state index contributed by atoms with van der Waals surface area (Å²) in [6.07, 6.45) is 5.59. The van der Waals surface area contributed by atoms with E-state index in [2.05, 4.69) is 10.3 Å². The van der Waals surface area contributed by atoms with E-state index in [9.17, 15) is 9.59 Å². The van der Waals surface area contributed by atoms with Crippen molar-refractivity contribution in [2.75, 3.05) is 26.7 Å². The van der Waals surface area contributed by atoms with Crippen LogP contribution in [0.3, 0.4) is 0 Å². The van der Waals surface area contributed by atoms with Crippen molar-refractivity contribution in [1.82, 2.24) is 15.2 Å². The van der Waals surface area contributed by atoms with Crippen LogP contribution in [0.15, 0.2) is 6.07 Å². The second-order valence-corrected chi connectivity index (χ2v) is 7.12. The minimum Gasteiger partial charge on any atom is -0.480 e. The monoisotopic (exact) mass is 329 g/mol. The Balaban J connectivity index is 1.60. The predicted molar refractivity (Wildman–Crippen MR) is 88.0 cm³/mol. The number of aromatic nitrogens is 1. The van der Waals surface area contributed by atoms with Crippen LogP contribution >= 0.6 is 0 Å². The number of nitrogens with one attached hydrogen (secondary N) is 1. The number of hydrogen-bond acceptors (Lipinski definition) is 4. The first-order chi connectivity index (χ1) is 11.6. The first kappa shape index (κ1) is 15.4. The number of rotatable bonds is 2. The van der Waals surface area contributed by atoms with Crippen LogP contribution in [-0.4, -0.2) is 48.4 Å². The van der Waals surface area contributed by atoms with Crippen LogP contribution in [0.2, 0.25) is 0 Å². The van der Waals surface area contributed by atoms with Crippen molar-refractivity contribution in [2.24, 2.45) is 5.41 Å². The molecule has 3 aliphatic rings. The molecule has 2 aliphatic heterocycles. The van der Waals surface area contributed by atoms with E-state index < -0.39 is 5.41 Å². The molecule has 0 aromatic carbocycles. The van der Waals surface area contributed by atoms with Gasteiger partial charge in [-0.15, -0.1) is 0 Å². The molecule has 1 aromatic rings. The number of methoxy groups -OCH3 is 1. The largest absolute Gasteiger partial charge is 0.480 e. The Bertz CT molecular complexity index is 703. The number of aryl methyl sites for hydroxylation is 2. The third-order valence-electron chi connectivity index (χ3n) is 5.68. The highest BCUT2D eigenvalue weighted by Gasteiger charge is 2.47. The molecule has 6 heteroatoms. The standard InChI is InChI=1S/C18H23N3O3/c1-24-15-13(10-12-4-2-5-14(12)20-15)16(22)21-9-7-18(11-21)6-3-8-19-17(18)23/h10H,2-9,11H2,1H3,(H,19,23). The van der Waals surface area contributed by atoms with E-state index in [1.807, 2.05) is 6.07 Å². The number of carbonyl (C=O) groups is 2. The lowest BCUT2D eigenvalue weighted by Crippen LogP contribution is -2.47. The van der Waals surface area contributed by atoms with Crippen LogP contribution in [0.5, 0.6) is 5.88 Å². The average Bonchev–Trinajstić information content (AvgIpc) is 3.23. The van der Waals surface area contributed by atoms with Crippen LogP contribution in [-0.2, 0) is 17.6 Å². The summed E-state index contributed by atoms with van der Waals surface area (Å²) in [5, 5.41) is 2.96. The van der Waals surface area contributed by atoms with Gasteiger partial charge < -0.3 is 15.0 Å². The third kappa shape index (κ3) is 2.36. The van der Waals surface area contributed by atoms with Gasteiger partial charge in [0.15, 0.2) is 0 Å². The first-order valence-electron chi connectivity index (χ1n) is 8.77. The number of nitrogens with zero attached hydrogens (tertiary/aromatic N) is 2. The second kappa shape index (κ2) is 5.76. The molecule has 1 aliphatic carbocycles. The molecular formula is C18H23N3O3. The lowest BCUT2D eigenvalue weighted by Gasteiger charge is -2.32. The molecule has 0 radical (unpaired) electrons. The normalized spacial score (nSPS) is 25.7. The van der Waals surface area contributed by atoms with Gasteiger partial charge in [0.05, 0.1) is 12.5 Å². The highest BCUT2D eigenvalue weighted by atomic mass is 16.5. The fraction of sp³-hybridized carbons (Fsp3) is 0.611. The van der Waals surface area contributed by atoms with Gasteiger partial charge in [-0.3, -0.25) is 9.59 Å². The summed E-state index contributed by atoms with van der Waals surface area (Å²) in [5.74, 6) is 0.446. The van der Waals surface area contributed by atoms with E-state index in [-0.39, 0.29) is 11.8 Å². The Kier molecular flexibility index (Phi) is 3.70. The zero-order chi connectivity index (χ0) is 16.7. The third-order valence-corrected chi connectivity index (χ3v) is 5.68. The van der Waals surface area contributed by atoms with E-state index >= 15 is 0 Å². The Morgan fingerprint density at radius 3 is 3.00 bits per heavy atom. The lowest BCUT2D eigenvalue weighted by atomic mass is 9.79. The molecule has 1 unspecified atom stereocenters. The summed E-state index contributed by atoms with van der Waals surface area (Å²) in [6.45, 7) is 1.86. The van der Waals surface area contributed by atoms with Crippen LogP contribution in [0.1, 0.15) is 47.3 Å². The second-order valence-electron chi connectivity index (χ2n) is 7.12. The summed E-state index contributed by atoms with van der Waals surface area (Å²) in [6, 6.07) is 1.95. The number of pyridine rings is 1. The predicted octanol–water partition coefficient (Wildman–Crippen LogP) is 1.32. The van der Waals surface area contributed by atoms with E-state index in [0.717, 1.165) is 56.3 Å². The highest BCUT2D eigenvalue weighted by molar-refractivity contribution is 5.97. The first-order valence-corrected chi connectivity index (χ1v) is 8.77. The van der Waals surface area contributed by atoms with Gasteiger partial charge >= 0.3 is 0 Å². The van der Waals surface area contributed by atoms with E-state index in [4.69, 9.17) is 4.74 Å². The number of ether oxygens (including phenoxy) is 1. The topological polar surface area (TPSA) is 71.5 Å². The highest BCUT2D eigenvalue weighted by Crippen LogP contribution is 2.38. The van der Waals surface area contributed by atoms with Gasteiger partial charge in [-0.2, -0.15) is 0 Å². The van der Waals surface area contributed by atoms with Gasteiger partial charge in [0.2, 0.25) is 11.8 Å². The van der Waals surface area contributed by atoms with Gasteiger partial charge in [-0.1, -0.05) is 0 Å². The molecule has 128 valence electrons. The fourth-order valence-corrected chi connectivity index (χ4v) is 4.30. The van der Waals surface area contributed by atoms with Gasteiger partial charge in [0.25, 0.3) is 5.91 Å². The number of fused-ring (bicyclic) bond motifs is 1. The summed E-state index contributed by atoms with van der Waals surface area (Å²) >= 11 is 0. The van der Waals surface area contributed by atoms with Crippen molar-refractivity contribution in [3.05, 3.63) is 22.9 Å². The summed E-state index contributed by atoms with van der Waals surface area (Å²) < 4.78 is 5.37. The molecule has 0 saturated carbocycles. The van der Waals surface area contributed by atoms with E-state index in [1.165, 1.54) is 0 Å². The quantitative estimate of drug-likeness (QED) is 0.888. The molecule has 0 bridgehead atoms. The Hall–Kier alpha value is -2.11. The maximum atomic E-state index is 13.0. The van der Waals surface area contributed by atoms with Crippen LogP contribution in [0.25, 0.3) is 0 Å². The van der Waals surface area contributed by atoms with Gasteiger partial charge in [-0.25, -0.2) is 4.98 Å². The Morgan fingerprint density at radius 2 is 2.21 bits per heavy atom. The van der Waals surface area contributed by atoms with E-state index in [1.54, 1.807) is 12.0 Å². The molecule has 1 spiro atoms. The van der Waals surface area contributed by atoms with Crippen LogP contribution in [0.4, 0.5) is 0 Å². The zero-order valence-corrected chi connectivity index (χ0v) is 14.1. The molecule has 3 heterocycles. The van der Waals surface area contributed by atoms with Crippen molar-refractivity contribution < 1.29 is 14.3 Å². The summed E-state index contributed by atoms with van der Waals surface area (Å²) in [5.41, 5.74) is 2.34. The van der Waals surface area contributed by atoms with Crippen molar-refractivity contribution in [1.29, 1.82) is 0 Å².